The van der Waals surface area contributed by atoms with Gasteiger partial charge in [0.05, 0.1) is 34.5 Å². The molecule has 9 nitrogen and oxygen atoms in total. The fourth-order valence-electron chi connectivity index (χ4n) is 5.43. The Morgan fingerprint density at radius 1 is 1.06 bits per heavy atom. The molecule has 3 aliphatic rings. The van der Waals surface area contributed by atoms with Crippen LogP contribution >= 0.6 is 0 Å². The number of hydrogen-bond acceptors (Lipinski definition) is 6. The van der Waals surface area contributed by atoms with Crippen LogP contribution in [0.5, 0.6) is 0 Å². The largest absolute Gasteiger partial charge is 0.310 e. The van der Waals surface area contributed by atoms with Crippen LogP contribution in [-0.2, 0) is 21.5 Å². The molecule has 174 valence electrons. The summed E-state index contributed by atoms with van der Waals surface area (Å²) in [5.74, 6) is -0.925. The number of benzene rings is 1. The van der Waals surface area contributed by atoms with E-state index < -0.39 is 22.5 Å². The van der Waals surface area contributed by atoms with Crippen LogP contribution in [0.3, 0.4) is 0 Å². The van der Waals surface area contributed by atoms with Crippen LogP contribution in [-0.4, -0.2) is 36.5 Å². The quantitative estimate of drug-likeness (QED) is 0.473. The zero-order valence-electron chi connectivity index (χ0n) is 18.4. The van der Waals surface area contributed by atoms with Gasteiger partial charge in [0, 0.05) is 5.56 Å². The SMILES string of the molecule is CC12C(=O)Nc3nc(-c4nn(Cc5ccccc5F)c5ncc(F)cc45)nc(c31)NC(=O)C21CC1. The van der Waals surface area contributed by atoms with Crippen LogP contribution in [0.1, 0.15) is 30.9 Å². The molecular formula is C24H17F2N7O2. The molecule has 11 heteroatoms. The van der Waals surface area contributed by atoms with Gasteiger partial charge in [-0.15, -0.1) is 0 Å². The summed E-state index contributed by atoms with van der Waals surface area (Å²) < 4.78 is 30.0. The number of fused-ring (bicyclic) bond motifs is 2. The Kier molecular flexibility index (Phi) is 3.70. The number of amides is 2. The molecule has 1 aliphatic carbocycles. The van der Waals surface area contributed by atoms with E-state index in [0.717, 1.165) is 6.20 Å². The van der Waals surface area contributed by atoms with E-state index in [1.165, 1.54) is 16.8 Å². The van der Waals surface area contributed by atoms with E-state index in [0.29, 0.717) is 40.8 Å². The van der Waals surface area contributed by atoms with Gasteiger partial charge in [-0.2, -0.15) is 5.10 Å². The number of hydrogen-bond donors (Lipinski definition) is 2. The standard InChI is InChI=1S/C24H17F2N7O2/c1-23-15-17(30-21(23)34)28-19(29-18(15)31-22(35)24(23)6-7-24)16-13-8-12(25)9-27-20(13)33(32-16)10-11-4-2-3-5-14(11)26/h2-5,8-9H,6-7,10H2,1H3,(H2,28,29,30,31,34,35). The van der Waals surface area contributed by atoms with Gasteiger partial charge in [-0.3, -0.25) is 9.59 Å². The first-order chi connectivity index (χ1) is 16.8. The monoisotopic (exact) mass is 473 g/mol. The molecule has 1 unspecified atom stereocenters. The molecule has 1 fully saturated rings. The number of anilines is 2. The average molecular weight is 473 g/mol. The van der Waals surface area contributed by atoms with Crippen molar-refractivity contribution in [2.24, 2.45) is 5.41 Å². The molecule has 5 heterocycles. The zero-order valence-corrected chi connectivity index (χ0v) is 18.4. The third-order valence-corrected chi connectivity index (χ3v) is 7.51. The summed E-state index contributed by atoms with van der Waals surface area (Å²) in [6.45, 7) is 1.80. The lowest BCUT2D eigenvalue weighted by molar-refractivity contribution is -0.132. The van der Waals surface area contributed by atoms with Crippen molar-refractivity contribution in [2.75, 3.05) is 10.6 Å². The van der Waals surface area contributed by atoms with Gasteiger partial charge in [0.1, 0.15) is 29.0 Å². The minimum Gasteiger partial charge on any atom is -0.310 e. The van der Waals surface area contributed by atoms with E-state index in [2.05, 4.69) is 30.7 Å². The fraction of sp³-hybridized carbons (Fsp3) is 0.250. The highest BCUT2D eigenvalue weighted by Gasteiger charge is 2.71. The van der Waals surface area contributed by atoms with Crippen molar-refractivity contribution in [2.45, 2.75) is 31.7 Å². The Morgan fingerprint density at radius 3 is 2.49 bits per heavy atom. The predicted molar refractivity (Wildman–Crippen MR) is 120 cm³/mol. The number of halogens is 2. The molecule has 1 spiro atoms. The van der Waals surface area contributed by atoms with E-state index in [4.69, 9.17) is 0 Å². The maximum Gasteiger partial charge on any atom is 0.237 e. The van der Waals surface area contributed by atoms with Gasteiger partial charge in [-0.25, -0.2) is 28.4 Å². The summed E-state index contributed by atoms with van der Waals surface area (Å²) in [6.07, 6.45) is 2.28. The molecule has 1 atom stereocenters. The van der Waals surface area contributed by atoms with Gasteiger partial charge in [-0.1, -0.05) is 18.2 Å². The first-order valence-corrected chi connectivity index (χ1v) is 11.1. The number of aromatic nitrogens is 5. The van der Waals surface area contributed by atoms with E-state index >= 15 is 0 Å². The topological polar surface area (TPSA) is 115 Å². The zero-order chi connectivity index (χ0) is 24.1. The molecule has 2 amide bonds. The molecule has 35 heavy (non-hydrogen) atoms. The minimum absolute atomic E-state index is 0.0493. The predicted octanol–water partition coefficient (Wildman–Crippen LogP) is 3.16. The maximum absolute atomic E-state index is 14.3. The van der Waals surface area contributed by atoms with E-state index in [1.807, 2.05) is 0 Å². The number of rotatable bonds is 3. The number of pyridine rings is 1. The third-order valence-electron chi connectivity index (χ3n) is 7.51. The smallest absolute Gasteiger partial charge is 0.237 e. The first-order valence-electron chi connectivity index (χ1n) is 11.1. The molecule has 0 bridgehead atoms. The number of nitrogens with one attached hydrogen (secondary N) is 2. The van der Waals surface area contributed by atoms with Crippen LogP contribution in [0.25, 0.3) is 22.6 Å². The molecule has 2 aliphatic heterocycles. The van der Waals surface area contributed by atoms with Crippen LogP contribution in [0.4, 0.5) is 20.4 Å². The van der Waals surface area contributed by atoms with E-state index in [1.54, 1.807) is 25.1 Å². The van der Waals surface area contributed by atoms with Gasteiger partial charge in [-0.05, 0) is 31.9 Å². The highest BCUT2D eigenvalue weighted by atomic mass is 19.1. The van der Waals surface area contributed by atoms with Crippen LogP contribution < -0.4 is 10.6 Å². The highest BCUT2D eigenvalue weighted by Crippen LogP contribution is 2.66. The molecule has 2 N–H and O–H groups in total. The second kappa shape index (κ2) is 6.44. The Morgan fingerprint density at radius 2 is 1.77 bits per heavy atom. The lowest BCUT2D eigenvalue weighted by atomic mass is 9.68. The van der Waals surface area contributed by atoms with Gasteiger partial charge in [0.15, 0.2) is 11.5 Å². The Bertz CT molecular complexity index is 1630. The Labute approximate surface area is 196 Å². The van der Waals surface area contributed by atoms with E-state index in [9.17, 15) is 18.4 Å². The van der Waals surface area contributed by atoms with Crippen molar-refractivity contribution in [1.29, 1.82) is 0 Å². The van der Waals surface area contributed by atoms with Crippen molar-refractivity contribution in [3.63, 3.8) is 0 Å². The van der Waals surface area contributed by atoms with E-state index in [-0.39, 0.29) is 35.7 Å². The van der Waals surface area contributed by atoms with Crippen molar-refractivity contribution in [3.8, 4) is 11.5 Å². The van der Waals surface area contributed by atoms with Crippen molar-refractivity contribution < 1.29 is 18.4 Å². The van der Waals surface area contributed by atoms with Gasteiger partial charge in [0.25, 0.3) is 0 Å². The van der Waals surface area contributed by atoms with Crippen LogP contribution in [0.15, 0.2) is 36.5 Å². The molecule has 0 radical (unpaired) electrons. The highest BCUT2D eigenvalue weighted by molar-refractivity contribution is 6.16. The lowest BCUT2D eigenvalue weighted by Gasteiger charge is -2.36. The molecule has 3 aromatic heterocycles. The summed E-state index contributed by atoms with van der Waals surface area (Å²) in [5, 5.41) is 10.5. The second-order valence-electron chi connectivity index (χ2n) is 9.36. The molecular weight excluding hydrogens is 456 g/mol. The molecule has 0 saturated heterocycles. The Hall–Kier alpha value is -4.28. The fourth-order valence-corrected chi connectivity index (χ4v) is 5.43. The summed E-state index contributed by atoms with van der Waals surface area (Å²) in [7, 11) is 0. The number of nitrogens with zero attached hydrogens (tertiary/aromatic N) is 5. The molecule has 1 aromatic carbocycles. The third kappa shape index (κ3) is 2.49. The summed E-state index contributed by atoms with van der Waals surface area (Å²) >= 11 is 0. The minimum atomic E-state index is -1.06. The van der Waals surface area contributed by atoms with Crippen molar-refractivity contribution in [3.05, 3.63) is 59.3 Å². The lowest BCUT2D eigenvalue weighted by Crippen LogP contribution is -2.50. The average Bonchev–Trinajstić information content (AvgIpc) is 3.50. The second-order valence-corrected chi connectivity index (χ2v) is 9.36. The molecule has 1 saturated carbocycles. The van der Waals surface area contributed by atoms with Gasteiger partial charge < -0.3 is 10.6 Å². The van der Waals surface area contributed by atoms with Crippen molar-refractivity contribution in [1.82, 2.24) is 24.7 Å². The Balaban J connectivity index is 1.42. The van der Waals surface area contributed by atoms with Crippen LogP contribution in [0, 0.1) is 17.0 Å². The first kappa shape index (κ1) is 20.1. The summed E-state index contributed by atoms with van der Waals surface area (Å²) in [6, 6.07) is 7.53. The van der Waals surface area contributed by atoms with Gasteiger partial charge in [0.2, 0.25) is 11.8 Å². The molecule has 7 rings (SSSR count). The number of carbonyl (C=O) groups is 2. The molecule has 4 aromatic rings. The summed E-state index contributed by atoms with van der Waals surface area (Å²) in [5.41, 5.74) is -0.393. The normalized spacial score (nSPS) is 21.2. The van der Waals surface area contributed by atoms with Crippen molar-refractivity contribution >= 4 is 34.5 Å². The summed E-state index contributed by atoms with van der Waals surface area (Å²) in [4.78, 5) is 39.3. The number of carbonyl (C=O) groups excluding carboxylic acids is 2. The maximum atomic E-state index is 14.3. The van der Waals surface area contributed by atoms with Crippen LogP contribution in [0.2, 0.25) is 0 Å². The van der Waals surface area contributed by atoms with Gasteiger partial charge >= 0.3 is 0 Å².